The second-order valence-corrected chi connectivity index (χ2v) is 4.60. The summed E-state index contributed by atoms with van der Waals surface area (Å²) < 4.78 is 9.53. The quantitative estimate of drug-likeness (QED) is 0.591. The molecule has 2 fully saturated rings. The van der Waals surface area contributed by atoms with Gasteiger partial charge in [0.15, 0.2) is 0 Å². The Morgan fingerprint density at radius 3 is 1.62 bits per heavy atom. The maximum Gasteiger partial charge on any atom is 0.327 e. The molecule has 2 heterocycles. The van der Waals surface area contributed by atoms with Gasteiger partial charge in [-0.15, -0.1) is 0 Å². The van der Waals surface area contributed by atoms with E-state index in [2.05, 4.69) is 6.58 Å². The van der Waals surface area contributed by atoms with Crippen LogP contribution in [-0.4, -0.2) is 36.2 Å². The molecule has 0 aromatic carbocycles. The molecular weight excluding hydrogens is 276 g/mol. The number of carbonyl (C=O) groups is 3. The van der Waals surface area contributed by atoms with Crippen LogP contribution in [0.1, 0.15) is 51.4 Å². The van der Waals surface area contributed by atoms with Gasteiger partial charge in [-0.25, -0.2) is 4.79 Å². The van der Waals surface area contributed by atoms with Crippen LogP contribution in [0.5, 0.6) is 0 Å². The van der Waals surface area contributed by atoms with Crippen molar-refractivity contribution < 1.29 is 29.0 Å². The van der Waals surface area contributed by atoms with E-state index < -0.39 is 5.97 Å². The Kier molecular flexibility index (Phi) is 12.0. The summed E-state index contributed by atoms with van der Waals surface area (Å²) in [7, 11) is 0. The minimum Gasteiger partial charge on any atom is -0.478 e. The first kappa shape index (κ1) is 19.1. The highest BCUT2D eigenvalue weighted by molar-refractivity contribution is 5.78. The second-order valence-electron chi connectivity index (χ2n) is 4.60. The third-order valence-corrected chi connectivity index (χ3v) is 2.75. The van der Waals surface area contributed by atoms with Crippen LogP contribution in [0.2, 0.25) is 0 Å². The van der Waals surface area contributed by atoms with E-state index in [-0.39, 0.29) is 11.9 Å². The van der Waals surface area contributed by atoms with Crippen molar-refractivity contribution in [2.75, 3.05) is 13.2 Å². The van der Waals surface area contributed by atoms with Crippen LogP contribution >= 0.6 is 0 Å². The summed E-state index contributed by atoms with van der Waals surface area (Å²) in [5.41, 5.74) is 0. The molecule has 0 atom stereocenters. The first-order valence-corrected chi connectivity index (χ1v) is 7.23. The molecule has 2 saturated heterocycles. The van der Waals surface area contributed by atoms with Gasteiger partial charge in [0.25, 0.3) is 0 Å². The molecule has 2 rings (SSSR count). The zero-order chi connectivity index (χ0) is 15.9. The summed E-state index contributed by atoms with van der Waals surface area (Å²) in [5, 5.41) is 7.60. The third kappa shape index (κ3) is 14.4. The van der Waals surface area contributed by atoms with Crippen LogP contribution in [0.25, 0.3) is 0 Å². The van der Waals surface area contributed by atoms with Gasteiger partial charge in [0, 0.05) is 18.9 Å². The van der Waals surface area contributed by atoms with Gasteiger partial charge in [0.2, 0.25) is 0 Å². The fourth-order valence-electron chi connectivity index (χ4n) is 1.61. The summed E-state index contributed by atoms with van der Waals surface area (Å²) in [6, 6.07) is 0. The summed E-state index contributed by atoms with van der Waals surface area (Å²) in [4.78, 5) is 30.2. The number of hydrogen-bond donors (Lipinski definition) is 1. The maximum atomic E-state index is 10.5. The Morgan fingerprint density at radius 1 is 0.905 bits per heavy atom. The number of carboxylic acids is 1. The van der Waals surface area contributed by atoms with E-state index >= 15 is 0 Å². The Balaban J connectivity index is 0.000000296. The second kappa shape index (κ2) is 13.1. The van der Waals surface area contributed by atoms with Gasteiger partial charge in [0.1, 0.15) is 0 Å². The van der Waals surface area contributed by atoms with Gasteiger partial charge in [0.05, 0.1) is 13.2 Å². The Morgan fingerprint density at radius 2 is 1.29 bits per heavy atom. The van der Waals surface area contributed by atoms with E-state index in [0.717, 1.165) is 44.6 Å². The topological polar surface area (TPSA) is 89.9 Å². The van der Waals surface area contributed by atoms with Gasteiger partial charge >= 0.3 is 17.9 Å². The van der Waals surface area contributed by atoms with E-state index in [0.29, 0.717) is 26.1 Å². The van der Waals surface area contributed by atoms with Crippen molar-refractivity contribution in [2.24, 2.45) is 0 Å². The van der Waals surface area contributed by atoms with Crippen molar-refractivity contribution in [3.63, 3.8) is 0 Å². The minimum atomic E-state index is -0.981. The molecule has 120 valence electrons. The summed E-state index contributed by atoms with van der Waals surface area (Å²) in [5.74, 6) is -1.03. The SMILES string of the molecule is C=CC(=O)O.O=C1CCCCCO1.O=C1CCCCCO1. The minimum absolute atomic E-state index is 0.0255. The lowest BCUT2D eigenvalue weighted by Gasteiger charge is -1.93. The predicted molar refractivity (Wildman–Crippen MR) is 76.7 cm³/mol. The van der Waals surface area contributed by atoms with E-state index in [4.69, 9.17) is 14.6 Å². The first-order valence-electron chi connectivity index (χ1n) is 7.23. The molecule has 0 spiro atoms. The zero-order valence-electron chi connectivity index (χ0n) is 12.3. The number of hydrogen-bond acceptors (Lipinski definition) is 5. The molecule has 21 heavy (non-hydrogen) atoms. The van der Waals surface area contributed by atoms with E-state index in [1.165, 1.54) is 0 Å². The predicted octanol–water partition coefficient (Wildman–Crippen LogP) is 2.46. The molecule has 0 unspecified atom stereocenters. The molecule has 2 aliphatic rings. The molecule has 0 amide bonds. The van der Waals surface area contributed by atoms with Crippen LogP contribution < -0.4 is 0 Å². The molecule has 6 nitrogen and oxygen atoms in total. The standard InChI is InChI=1S/2C6H10O2.C3H4O2/c2*7-6-4-2-1-3-5-8-6;1-2-3(4)5/h2*1-5H2;2H,1H2,(H,4,5). The molecule has 0 aromatic heterocycles. The van der Waals surface area contributed by atoms with Crippen LogP contribution in [0, 0.1) is 0 Å². The highest BCUT2D eigenvalue weighted by Gasteiger charge is 2.06. The van der Waals surface area contributed by atoms with Crippen LogP contribution in [0.4, 0.5) is 0 Å². The van der Waals surface area contributed by atoms with E-state index in [1.807, 2.05) is 0 Å². The van der Waals surface area contributed by atoms with Crippen molar-refractivity contribution in [3.8, 4) is 0 Å². The average Bonchev–Trinajstić information content (AvgIpc) is 2.84. The lowest BCUT2D eigenvalue weighted by atomic mass is 10.2. The largest absolute Gasteiger partial charge is 0.478 e. The molecule has 0 bridgehead atoms. The number of aliphatic carboxylic acids is 1. The van der Waals surface area contributed by atoms with Crippen molar-refractivity contribution in [2.45, 2.75) is 51.4 Å². The summed E-state index contributed by atoms with van der Waals surface area (Å²) in [6.45, 7) is 4.24. The van der Waals surface area contributed by atoms with Gasteiger partial charge in [-0.2, -0.15) is 0 Å². The van der Waals surface area contributed by atoms with Gasteiger partial charge in [-0.3, -0.25) is 9.59 Å². The fraction of sp³-hybridized carbons (Fsp3) is 0.667. The summed E-state index contributed by atoms with van der Waals surface area (Å²) >= 11 is 0. The van der Waals surface area contributed by atoms with Crippen molar-refractivity contribution in [3.05, 3.63) is 12.7 Å². The van der Waals surface area contributed by atoms with Gasteiger partial charge in [-0.1, -0.05) is 6.58 Å². The van der Waals surface area contributed by atoms with Crippen LogP contribution in [0.3, 0.4) is 0 Å². The third-order valence-electron chi connectivity index (χ3n) is 2.75. The zero-order valence-corrected chi connectivity index (χ0v) is 12.3. The van der Waals surface area contributed by atoms with Crippen LogP contribution in [0.15, 0.2) is 12.7 Å². The normalized spacial score (nSPS) is 18.1. The van der Waals surface area contributed by atoms with E-state index in [1.54, 1.807) is 0 Å². The number of esters is 2. The smallest absolute Gasteiger partial charge is 0.327 e. The maximum absolute atomic E-state index is 10.5. The number of cyclic esters (lactones) is 2. The Hall–Kier alpha value is -1.85. The molecular formula is C15H24O6. The molecule has 6 heteroatoms. The van der Waals surface area contributed by atoms with Gasteiger partial charge in [-0.05, 0) is 38.5 Å². The van der Waals surface area contributed by atoms with Gasteiger partial charge < -0.3 is 14.6 Å². The Bertz CT molecular complexity index is 293. The monoisotopic (exact) mass is 300 g/mol. The molecule has 0 aromatic rings. The first-order chi connectivity index (χ1) is 10.1. The number of carbonyl (C=O) groups excluding carboxylic acids is 2. The summed E-state index contributed by atoms with van der Waals surface area (Å²) in [6.07, 6.45) is 8.49. The van der Waals surface area contributed by atoms with Crippen molar-refractivity contribution >= 4 is 17.9 Å². The van der Waals surface area contributed by atoms with Crippen molar-refractivity contribution in [1.29, 1.82) is 0 Å². The number of rotatable bonds is 1. The number of carboxylic acid groups (broad SMARTS) is 1. The van der Waals surface area contributed by atoms with E-state index in [9.17, 15) is 14.4 Å². The number of ether oxygens (including phenoxy) is 2. The van der Waals surface area contributed by atoms with Crippen LogP contribution in [-0.2, 0) is 23.9 Å². The lowest BCUT2D eigenvalue weighted by Crippen LogP contribution is -2.00. The molecule has 0 radical (unpaired) electrons. The molecule has 2 aliphatic heterocycles. The van der Waals surface area contributed by atoms with Crippen molar-refractivity contribution in [1.82, 2.24) is 0 Å². The fourth-order valence-corrected chi connectivity index (χ4v) is 1.61. The molecule has 0 saturated carbocycles. The molecule has 1 N–H and O–H groups in total. The highest BCUT2D eigenvalue weighted by Crippen LogP contribution is 2.07. The highest BCUT2D eigenvalue weighted by atomic mass is 16.5. The Labute approximate surface area is 125 Å². The molecule has 0 aliphatic carbocycles. The average molecular weight is 300 g/mol. The lowest BCUT2D eigenvalue weighted by molar-refractivity contribution is -0.143.